The van der Waals surface area contributed by atoms with Crippen LogP contribution in [0, 0.1) is 6.92 Å². The Morgan fingerprint density at radius 2 is 2.04 bits per heavy atom. The number of rotatable bonds is 7. The lowest BCUT2D eigenvalue weighted by Gasteiger charge is -2.17. The summed E-state index contributed by atoms with van der Waals surface area (Å²) in [6.45, 7) is 2.86. The molecule has 24 heavy (non-hydrogen) atoms. The van der Waals surface area contributed by atoms with Crippen molar-refractivity contribution in [1.82, 2.24) is 0 Å². The molecule has 0 unspecified atom stereocenters. The fraction of sp³-hybridized carbons (Fsp3) is 0.350. The molecule has 1 aliphatic rings. The first kappa shape index (κ1) is 16.9. The van der Waals surface area contributed by atoms with Crippen molar-refractivity contribution in [2.45, 2.75) is 37.5 Å². The number of ether oxygens (including phenoxy) is 1. The van der Waals surface area contributed by atoms with Crippen molar-refractivity contribution in [3.05, 3.63) is 53.6 Å². The summed E-state index contributed by atoms with van der Waals surface area (Å²) in [4.78, 5) is 12.7. The van der Waals surface area contributed by atoms with Gasteiger partial charge in [-0.2, -0.15) is 0 Å². The predicted octanol–water partition coefficient (Wildman–Crippen LogP) is 4.83. The zero-order valence-corrected chi connectivity index (χ0v) is 14.8. The molecule has 1 N–H and O–H groups in total. The Labute approximate surface area is 147 Å². The van der Waals surface area contributed by atoms with E-state index in [1.54, 1.807) is 0 Å². The summed E-state index contributed by atoms with van der Waals surface area (Å²) in [7, 11) is 0. The molecule has 0 aromatic heterocycles. The minimum absolute atomic E-state index is 0.0993. The molecule has 0 bridgehead atoms. The van der Waals surface area contributed by atoms with Crippen LogP contribution < -0.4 is 10.1 Å². The number of carbonyl (C=O) groups is 1. The van der Waals surface area contributed by atoms with Crippen molar-refractivity contribution in [2.75, 3.05) is 17.7 Å². The van der Waals surface area contributed by atoms with Gasteiger partial charge < -0.3 is 10.1 Å². The lowest BCUT2D eigenvalue weighted by molar-refractivity contribution is -0.116. The van der Waals surface area contributed by atoms with Gasteiger partial charge in [-0.25, -0.2) is 0 Å². The van der Waals surface area contributed by atoms with Crippen LogP contribution in [0.3, 0.4) is 0 Å². The Balaban J connectivity index is 1.37. The fourth-order valence-corrected chi connectivity index (χ4v) is 3.77. The van der Waals surface area contributed by atoms with Crippen LogP contribution in [-0.2, 0) is 11.2 Å². The van der Waals surface area contributed by atoms with Gasteiger partial charge in [-0.1, -0.05) is 17.7 Å². The highest BCUT2D eigenvalue weighted by Crippen LogP contribution is 2.27. The summed E-state index contributed by atoms with van der Waals surface area (Å²) >= 11 is 1.90. The lowest BCUT2D eigenvalue weighted by atomic mass is 10.0. The number of unbranched alkanes of at least 4 members (excludes halogenated alkanes) is 1. The van der Waals surface area contributed by atoms with Crippen molar-refractivity contribution < 1.29 is 9.53 Å². The van der Waals surface area contributed by atoms with Crippen molar-refractivity contribution in [3.63, 3.8) is 0 Å². The Hall–Kier alpha value is -1.94. The maximum absolute atomic E-state index is 11.4. The van der Waals surface area contributed by atoms with Gasteiger partial charge in [0, 0.05) is 17.0 Å². The highest BCUT2D eigenvalue weighted by Gasteiger charge is 2.14. The molecule has 4 heteroatoms. The number of benzene rings is 2. The van der Waals surface area contributed by atoms with Crippen molar-refractivity contribution in [2.24, 2.45) is 0 Å². The first-order valence-corrected chi connectivity index (χ1v) is 9.44. The summed E-state index contributed by atoms with van der Waals surface area (Å²) < 4.78 is 5.85. The average molecular weight is 341 g/mol. The van der Waals surface area contributed by atoms with Gasteiger partial charge >= 0.3 is 0 Å². The van der Waals surface area contributed by atoms with Crippen LogP contribution in [0.2, 0.25) is 0 Å². The van der Waals surface area contributed by atoms with Crippen LogP contribution in [0.25, 0.3) is 0 Å². The largest absolute Gasteiger partial charge is 0.494 e. The average Bonchev–Trinajstić information content (AvgIpc) is 2.58. The molecule has 1 amide bonds. The number of aryl methyl sites for hydroxylation is 2. The highest BCUT2D eigenvalue weighted by atomic mass is 32.2. The number of nitrogens with one attached hydrogen (secondary N) is 1. The number of carbonyl (C=O) groups excluding carboxylic acids is 1. The summed E-state index contributed by atoms with van der Waals surface area (Å²) in [5.41, 5.74) is 3.40. The third-order valence-corrected chi connectivity index (χ3v) is 5.12. The second kappa shape index (κ2) is 8.25. The van der Waals surface area contributed by atoms with E-state index in [0.717, 1.165) is 43.1 Å². The minimum atomic E-state index is 0.0993. The van der Waals surface area contributed by atoms with Gasteiger partial charge in [0.25, 0.3) is 0 Å². The van der Waals surface area contributed by atoms with E-state index in [1.165, 1.54) is 16.0 Å². The number of hydrogen-bond acceptors (Lipinski definition) is 3. The summed E-state index contributed by atoms with van der Waals surface area (Å²) in [6, 6.07) is 14.6. The summed E-state index contributed by atoms with van der Waals surface area (Å²) in [5, 5.41) is 2.89. The van der Waals surface area contributed by atoms with E-state index in [-0.39, 0.29) is 5.91 Å². The van der Waals surface area contributed by atoms with E-state index in [2.05, 4.69) is 42.6 Å². The normalized spacial score (nSPS) is 13.3. The second-order valence-corrected chi connectivity index (χ2v) is 7.26. The quantitative estimate of drug-likeness (QED) is 0.579. The van der Waals surface area contributed by atoms with Gasteiger partial charge in [-0.3, -0.25) is 4.79 Å². The molecule has 0 radical (unpaired) electrons. The van der Waals surface area contributed by atoms with Crippen LogP contribution in [-0.4, -0.2) is 18.3 Å². The topological polar surface area (TPSA) is 38.3 Å². The first-order chi connectivity index (χ1) is 11.7. The Morgan fingerprint density at radius 1 is 1.12 bits per heavy atom. The highest BCUT2D eigenvalue weighted by molar-refractivity contribution is 7.99. The summed E-state index contributed by atoms with van der Waals surface area (Å²) in [5.74, 6) is 2.11. The molecule has 3 rings (SSSR count). The molecule has 1 heterocycles. The molecule has 0 saturated carbocycles. The van der Waals surface area contributed by atoms with E-state index in [4.69, 9.17) is 4.74 Å². The molecule has 126 valence electrons. The number of hydrogen-bond donors (Lipinski definition) is 1. The molecule has 1 aliphatic heterocycles. The fourth-order valence-electron chi connectivity index (χ4n) is 2.74. The maximum Gasteiger partial charge on any atom is 0.224 e. The third kappa shape index (κ3) is 4.78. The van der Waals surface area contributed by atoms with Crippen molar-refractivity contribution in [1.29, 1.82) is 0 Å². The zero-order chi connectivity index (χ0) is 16.8. The second-order valence-electron chi connectivity index (χ2n) is 6.09. The summed E-state index contributed by atoms with van der Waals surface area (Å²) in [6.07, 6.45) is 3.55. The van der Waals surface area contributed by atoms with Crippen molar-refractivity contribution >= 4 is 23.4 Å². The molecule has 0 saturated heterocycles. The van der Waals surface area contributed by atoms with Crippen molar-refractivity contribution in [3.8, 4) is 5.75 Å². The first-order valence-electron chi connectivity index (χ1n) is 8.46. The number of fused-ring (bicyclic) bond motifs is 1. The third-order valence-electron chi connectivity index (χ3n) is 4.04. The minimum Gasteiger partial charge on any atom is -0.494 e. The van der Waals surface area contributed by atoms with Gasteiger partial charge in [0.1, 0.15) is 5.75 Å². The standard InChI is InChI=1S/C20H23NO2S/c1-15-5-4-6-18(13-15)24-12-3-2-11-23-17-8-9-19-16(14-17)7-10-20(22)21-19/h4-6,8-9,13-14H,2-3,7,10-12H2,1H3,(H,21,22). The maximum atomic E-state index is 11.4. The van der Waals surface area contributed by atoms with E-state index >= 15 is 0 Å². The van der Waals surface area contributed by atoms with Gasteiger partial charge in [0.15, 0.2) is 0 Å². The van der Waals surface area contributed by atoms with Gasteiger partial charge in [0.2, 0.25) is 5.91 Å². The molecular weight excluding hydrogens is 318 g/mol. The van der Waals surface area contributed by atoms with Gasteiger partial charge in [-0.05, 0) is 67.8 Å². The number of anilines is 1. The monoisotopic (exact) mass is 341 g/mol. The molecule has 3 nitrogen and oxygen atoms in total. The van der Waals surface area contributed by atoms with Crippen LogP contribution in [0.15, 0.2) is 47.4 Å². The van der Waals surface area contributed by atoms with Crippen LogP contribution in [0.1, 0.15) is 30.4 Å². The molecular formula is C20H23NO2S. The van der Waals surface area contributed by atoms with Crippen LogP contribution >= 0.6 is 11.8 Å². The molecule has 0 atom stereocenters. The Kier molecular flexibility index (Phi) is 5.81. The van der Waals surface area contributed by atoms with Gasteiger partial charge in [0.05, 0.1) is 6.61 Å². The SMILES string of the molecule is Cc1cccc(SCCCCOc2ccc3c(c2)CCC(=O)N3)c1. The molecule has 0 aliphatic carbocycles. The van der Waals surface area contributed by atoms with E-state index < -0.39 is 0 Å². The molecule has 2 aromatic carbocycles. The van der Waals surface area contributed by atoms with E-state index in [0.29, 0.717) is 6.42 Å². The van der Waals surface area contributed by atoms with Crippen LogP contribution in [0.5, 0.6) is 5.75 Å². The molecule has 0 fully saturated rings. The Morgan fingerprint density at radius 3 is 2.92 bits per heavy atom. The zero-order valence-electron chi connectivity index (χ0n) is 14.0. The van der Waals surface area contributed by atoms with E-state index in [9.17, 15) is 4.79 Å². The van der Waals surface area contributed by atoms with Gasteiger partial charge in [-0.15, -0.1) is 11.8 Å². The van der Waals surface area contributed by atoms with Crippen LogP contribution in [0.4, 0.5) is 5.69 Å². The Bertz CT molecular complexity index is 715. The van der Waals surface area contributed by atoms with E-state index in [1.807, 2.05) is 23.9 Å². The number of amides is 1. The predicted molar refractivity (Wildman–Crippen MR) is 100 cm³/mol. The molecule has 2 aromatic rings. The smallest absolute Gasteiger partial charge is 0.224 e. The lowest BCUT2D eigenvalue weighted by Crippen LogP contribution is -2.18. The number of thioether (sulfide) groups is 1. The molecule has 0 spiro atoms.